The van der Waals surface area contributed by atoms with Crippen LogP contribution in [0.25, 0.3) is 0 Å². The lowest BCUT2D eigenvalue weighted by atomic mass is 10.4. The van der Waals surface area contributed by atoms with Crippen LogP contribution in [0.15, 0.2) is 61.3 Å². The fourth-order valence-electron chi connectivity index (χ4n) is 0.827. The van der Waals surface area contributed by atoms with Crippen molar-refractivity contribution in [1.82, 2.24) is 0 Å². The fourth-order valence-corrected chi connectivity index (χ4v) is 1.68. The van der Waals surface area contributed by atoms with E-state index in [0.717, 1.165) is 22.6 Å². The molecule has 0 unspecified atom stereocenters. The van der Waals surface area contributed by atoms with Crippen LogP contribution in [0.1, 0.15) is 13.8 Å². The number of nitrogens with one attached hydrogen (secondary N) is 1. The lowest BCUT2D eigenvalue weighted by Gasteiger charge is -2.00. The highest BCUT2D eigenvalue weighted by Crippen LogP contribution is 2.27. The van der Waals surface area contributed by atoms with E-state index >= 15 is 0 Å². The smallest absolute Gasteiger partial charge is 0.0956 e. The molecule has 0 radical (unpaired) electrons. The molecule has 0 saturated carbocycles. The van der Waals surface area contributed by atoms with Crippen LogP contribution in [-0.4, -0.2) is 6.26 Å². The molecule has 92 valence electrons. The molecule has 6 heteroatoms. The Bertz CT molecular complexity index is 394. The van der Waals surface area contributed by atoms with Crippen LogP contribution >= 0.6 is 23.7 Å². The Morgan fingerprint density at radius 2 is 1.71 bits per heavy atom. The Hall–Kier alpha value is -1.14. The summed E-state index contributed by atoms with van der Waals surface area (Å²) in [6, 6.07) is 0. The van der Waals surface area contributed by atoms with Crippen molar-refractivity contribution >= 4 is 23.7 Å². The molecular weight excluding hydrogens is 252 g/mol. The Balaban J connectivity index is 4.52. The zero-order valence-electron chi connectivity index (χ0n) is 10.2. The van der Waals surface area contributed by atoms with E-state index in [1.165, 1.54) is 11.8 Å². The summed E-state index contributed by atoms with van der Waals surface area (Å²) < 4.78 is 3.94. The van der Waals surface area contributed by atoms with Gasteiger partial charge in [0.15, 0.2) is 0 Å². The first-order valence-electron chi connectivity index (χ1n) is 4.81. The molecule has 0 bridgehead atoms. The molecule has 0 rings (SSSR count). The zero-order chi connectivity index (χ0) is 13.3. The SMILES string of the molecule is C=C(S/N=N\C(=C\C)C(=C)SC)/C(=C\C)N=N. The van der Waals surface area contributed by atoms with E-state index in [4.69, 9.17) is 5.53 Å². The Morgan fingerprint density at radius 1 is 1.12 bits per heavy atom. The minimum Gasteiger partial charge on any atom is -0.204 e. The van der Waals surface area contributed by atoms with Crippen LogP contribution in [0.4, 0.5) is 0 Å². The average molecular weight is 268 g/mol. The van der Waals surface area contributed by atoms with Gasteiger partial charge in [-0.15, -0.1) is 21.4 Å². The number of hydrogen-bond acceptors (Lipinski definition) is 6. The van der Waals surface area contributed by atoms with Gasteiger partial charge in [-0.2, -0.15) is 5.11 Å². The van der Waals surface area contributed by atoms with Gasteiger partial charge in [0, 0.05) is 16.9 Å². The van der Waals surface area contributed by atoms with E-state index < -0.39 is 0 Å². The van der Waals surface area contributed by atoms with Gasteiger partial charge in [0.1, 0.15) is 0 Å². The quantitative estimate of drug-likeness (QED) is 0.386. The van der Waals surface area contributed by atoms with Gasteiger partial charge in [-0.05, 0) is 20.1 Å². The maximum absolute atomic E-state index is 6.93. The standard InChI is InChI=1S/C11H16N4S2/c1-6-10(13-12)9(4)17-15-14-11(7-2)8(3)16-5/h6-7,12H,3-4H2,1-2,5H3/b10-6+,11-7+,13-12?,15-14-. The maximum Gasteiger partial charge on any atom is 0.0956 e. The minimum atomic E-state index is 0.500. The average Bonchev–Trinajstić information content (AvgIpc) is 2.35. The molecule has 0 amide bonds. The highest BCUT2D eigenvalue weighted by molar-refractivity contribution is 8.02. The molecule has 0 heterocycles. The number of nitrogens with zero attached hydrogens (tertiary/aromatic N) is 3. The molecule has 0 fully saturated rings. The van der Waals surface area contributed by atoms with Crippen LogP contribution in [0.2, 0.25) is 0 Å². The van der Waals surface area contributed by atoms with E-state index in [1.807, 2.05) is 19.3 Å². The second-order valence-electron chi connectivity index (χ2n) is 2.78. The molecule has 0 spiro atoms. The van der Waals surface area contributed by atoms with E-state index in [1.54, 1.807) is 13.0 Å². The Kier molecular flexibility index (Phi) is 8.35. The lowest BCUT2D eigenvalue weighted by molar-refractivity contribution is 1.08. The van der Waals surface area contributed by atoms with E-state index in [2.05, 4.69) is 27.9 Å². The van der Waals surface area contributed by atoms with Crippen molar-refractivity contribution in [2.45, 2.75) is 13.8 Å². The topological polar surface area (TPSA) is 60.9 Å². The molecule has 17 heavy (non-hydrogen) atoms. The maximum atomic E-state index is 6.93. The Labute approximate surface area is 111 Å². The number of rotatable bonds is 7. The molecule has 0 aliphatic carbocycles. The summed E-state index contributed by atoms with van der Waals surface area (Å²) in [5.41, 5.74) is 8.16. The molecular formula is C11H16N4S2. The van der Waals surface area contributed by atoms with Crippen molar-refractivity contribution in [1.29, 1.82) is 5.53 Å². The molecule has 0 saturated heterocycles. The second-order valence-corrected chi connectivity index (χ2v) is 4.52. The number of thioether (sulfide) groups is 1. The van der Waals surface area contributed by atoms with Gasteiger partial charge in [0.05, 0.1) is 16.3 Å². The van der Waals surface area contributed by atoms with Crippen LogP contribution in [0.5, 0.6) is 0 Å². The molecule has 0 aromatic carbocycles. The van der Waals surface area contributed by atoms with Crippen molar-refractivity contribution < 1.29 is 0 Å². The lowest BCUT2D eigenvalue weighted by Crippen LogP contribution is -1.78. The highest BCUT2D eigenvalue weighted by atomic mass is 32.2. The van der Waals surface area contributed by atoms with Crippen molar-refractivity contribution in [3.63, 3.8) is 0 Å². The third-order valence-corrected chi connectivity index (χ3v) is 3.08. The summed E-state index contributed by atoms with van der Waals surface area (Å²) in [5.74, 6) is 0. The van der Waals surface area contributed by atoms with Gasteiger partial charge in [-0.25, -0.2) is 5.53 Å². The molecule has 0 aliphatic rings. The van der Waals surface area contributed by atoms with Crippen LogP contribution in [-0.2, 0) is 0 Å². The molecule has 0 atom stereocenters. The Morgan fingerprint density at radius 3 is 2.12 bits per heavy atom. The minimum absolute atomic E-state index is 0.500. The summed E-state index contributed by atoms with van der Waals surface area (Å²) in [4.78, 5) is 1.45. The summed E-state index contributed by atoms with van der Waals surface area (Å²) >= 11 is 2.62. The second kappa shape index (κ2) is 8.95. The van der Waals surface area contributed by atoms with Gasteiger partial charge in [0.25, 0.3) is 0 Å². The third-order valence-electron chi connectivity index (χ3n) is 1.78. The normalized spacial score (nSPS) is 12.9. The van der Waals surface area contributed by atoms with Crippen molar-refractivity contribution in [2.24, 2.45) is 14.7 Å². The summed E-state index contributed by atoms with van der Waals surface area (Å²) in [7, 11) is 0. The van der Waals surface area contributed by atoms with Gasteiger partial charge in [-0.3, -0.25) is 0 Å². The summed E-state index contributed by atoms with van der Waals surface area (Å²) in [6.45, 7) is 11.3. The van der Waals surface area contributed by atoms with Crippen molar-refractivity contribution in [2.75, 3.05) is 6.26 Å². The van der Waals surface area contributed by atoms with Gasteiger partial charge in [0.2, 0.25) is 0 Å². The molecule has 1 N–H and O–H groups in total. The van der Waals surface area contributed by atoms with E-state index in [9.17, 15) is 0 Å². The van der Waals surface area contributed by atoms with E-state index in [0.29, 0.717) is 10.6 Å². The molecule has 0 aromatic heterocycles. The summed E-state index contributed by atoms with van der Waals surface area (Å²) in [6.07, 6.45) is 5.48. The van der Waals surface area contributed by atoms with Crippen molar-refractivity contribution in [3.05, 3.63) is 46.5 Å². The molecule has 0 aliphatic heterocycles. The first-order valence-corrected chi connectivity index (χ1v) is 6.81. The first-order chi connectivity index (χ1) is 8.10. The summed E-state index contributed by atoms with van der Waals surface area (Å²) in [5, 5.41) is 7.37. The number of hydrogen-bond donors (Lipinski definition) is 1. The molecule has 0 aromatic rings. The largest absolute Gasteiger partial charge is 0.204 e. The van der Waals surface area contributed by atoms with Gasteiger partial charge < -0.3 is 0 Å². The highest BCUT2D eigenvalue weighted by Gasteiger charge is 2.02. The predicted octanol–water partition coefficient (Wildman–Crippen LogP) is 5.32. The number of allylic oxidation sites excluding steroid dienone is 2. The van der Waals surface area contributed by atoms with Gasteiger partial charge in [-0.1, -0.05) is 25.3 Å². The predicted molar refractivity (Wildman–Crippen MR) is 76.9 cm³/mol. The fraction of sp³-hybridized carbons (Fsp3) is 0.273. The van der Waals surface area contributed by atoms with Crippen molar-refractivity contribution in [3.8, 4) is 0 Å². The monoisotopic (exact) mass is 268 g/mol. The van der Waals surface area contributed by atoms with Gasteiger partial charge >= 0.3 is 0 Å². The zero-order valence-corrected chi connectivity index (χ0v) is 11.9. The first kappa shape index (κ1) is 15.9. The third kappa shape index (κ3) is 5.65. The van der Waals surface area contributed by atoms with Crippen LogP contribution in [0, 0.1) is 5.53 Å². The molecule has 4 nitrogen and oxygen atoms in total. The van der Waals surface area contributed by atoms with E-state index in [-0.39, 0.29) is 0 Å². The van der Waals surface area contributed by atoms with Crippen LogP contribution < -0.4 is 0 Å². The van der Waals surface area contributed by atoms with Crippen LogP contribution in [0.3, 0.4) is 0 Å².